The van der Waals surface area contributed by atoms with Gasteiger partial charge in [0.1, 0.15) is 5.75 Å². The molecule has 92 valence electrons. The lowest BCUT2D eigenvalue weighted by Gasteiger charge is -2.17. The topological polar surface area (TPSA) is 12.5 Å². The Labute approximate surface area is 108 Å². The van der Waals surface area contributed by atoms with Crippen molar-refractivity contribution in [2.45, 2.75) is 20.0 Å². The van der Waals surface area contributed by atoms with Crippen LogP contribution in [0.25, 0.3) is 0 Å². The maximum atomic E-state index is 5.28. The summed E-state index contributed by atoms with van der Waals surface area (Å²) in [5.74, 6) is 0.944. The van der Waals surface area contributed by atoms with E-state index in [1.165, 1.54) is 22.4 Å². The van der Waals surface area contributed by atoms with E-state index in [9.17, 15) is 0 Å². The third kappa shape index (κ3) is 1.94. The molecule has 0 bridgehead atoms. The van der Waals surface area contributed by atoms with Crippen molar-refractivity contribution in [3.05, 3.63) is 59.2 Å². The Bertz CT molecular complexity index is 560. The van der Waals surface area contributed by atoms with Gasteiger partial charge in [-0.15, -0.1) is 0 Å². The van der Waals surface area contributed by atoms with Crippen molar-refractivity contribution < 1.29 is 4.74 Å². The number of methoxy groups -OCH3 is 1. The van der Waals surface area contributed by atoms with Gasteiger partial charge in [-0.05, 0) is 42.3 Å². The molecule has 18 heavy (non-hydrogen) atoms. The average molecular weight is 239 g/mol. The van der Waals surface area contributed by atoms with E-state index in [1.54, 1.807) is 7.11 Å². The van der Waals surface area contributed by atoms with Crippen LogP contribution in [0.2, 0.25) is 0 Å². The second-order valence-electron chi connectivity index (χ2n) is 4.83. The first-order valence-electron chi connectivity index (χ1n) is 6.23. The molecule has 0 saturated heterocycles. The quantitative estimate of drug-likeness (QED) is 0.795. The fraction of sp³-hybridized carbons (Fsp3) is 0.250. The van der Waals surface area contributed by atoms with Crippen molar-refractivity contribution >= 4 is 5.69 Å². The molecular formula is C16H17NO. The van der Waals surface area contributed by atoms with Crippen molar-refractivity contribution in [3.8, 4) is 5.75 Å². The minimum Gasteiger partial charge on any atom is -0.497 e. The van der Waals surface area contributed by atoms with Gasteiger partial charge in [0.2, 0.25) is 0 Å². The molecule has 1 aliphatic heterocycles. The summed E-state index contributed by atoms with van der Waals surface area (Å²) in [4.78, 5) is 2.39. The van der Waals surface area contributed by atoms with Gasteiger partial charge in [-0.25, -0.2) is 0 Å². The summed E-state index contributed by atoms with van der Waals surface area (Å²) in [7, 11) is 1.72. The number of hydrogen-bond donors (Lipinski definition) is 0. The zero-order valence-electron chi connectivity index (χ0n) is 10.8. The van der Waals surface area contributed by atoms with E-state index >= 15 is 0 Å². The monoisotopic (exact) mass is 239 g/mol. The van der Waals surface area contributed by atoms with E-state index in [0.717, 1.165) is 18.8 Å². The maximum absolute atomic E-state index is 5.28. The number of benzene rings is 2. The molecule has 2 aromatic rings. The molecule has 0 saturated carbocycles. The minimum atomic E-state index is 0.944. The number of anilines is 1. The molecule has 0 radical (unpaired) electrons. The van der Waals surface area contributed by atoms with E-state index in [4.69, 9.17) is 4.74 Å². The third-order valence-electron chi connectivity index (χ3n) is 3.53. The van der Waals surface area contributed by atoms with Crippen molar-refractivity contribution in [1.29, 1.82) is 0 Å². The predicted molar refractivity (Wildman–Crippen MR) is 74.1 cm³/mol. The second-order valence-corrected chi connectivity index (χ2v) is 4.83. The highest BCUT2D eigenvalue weighted by Crippen LogP contribution is 2.30. The summed E-state index contributed by atoms with van der Waals surface area (Å²) in [5, 5.41) is 0. The number of hydrogen-bond acceptors (Lipinski definition) is 2. The standard InChI is InChI=1S/C16H17NO/c1-12-3-6-15(7-4-12)17-10-13-5-8-16(18-2)9-14(13)11-17/h3-9H,10-11H2,1-2H3. The number of ether oxygens (including phenoxy) is 1. The van der Waals surface area contributed by atoms with Gasteiger partial charge in [-0.2, -0.15) is 0 Å². The molecule has 0 atom stereocenters. The first kappa shape index (κ1) is 11.1. The Kier molecular flexibility index (Phi) is 2.71. The fourth-order valence-corrected chi connectivity index (χ4v) is 2.44. The SMILES string of the molecule is COc1ccc2c(c1)CN(c1ccc(C)cc1)C2. The molecule has 3 rings (SSSR count). The van der Waals surface area contributed by atoms with Gasteiger partial charge in [-0.3, -0.25) is 0 Å². The first-order valence-corrected chi connectivity index (χ1v) is 6.23. The summed E-state index contributed by atoms with van der Waals surface area (Å²) in [6.07, 6.45) is 0. The highest BCUT2D eigenvalue weighted by molar-refractivity contribution is 5.53. The number of aryl methyl sites for hydroxylation is 1. The average Bonchev–Trinajstić information content (AvgIpc) is 2.82. The van der Waals surface area contributed by atoms with Crippen molar-refractivity contribution in [1.82, 2.24) is 0 Å². The first-order chi connectivity index (χ1) is 8.76. The lowest BCUT2D eigenvalue weighted by atomic mass is 10.1. The predicted octanol–water partition coefficient (Wildman–Crippen LogP) is 3.52. The van der Waals surface area contributed by atoms with Crippen molar-refractivity contribution in [2.24, 2.45) is 0 Å². The minimum absolute atomic E-state index is 0.944. The van der Waals surface area contributed by atoms with Gasteiger partial charge in [0, 0.05) is 18.8 Å². The highest BCUT2D eigenvalue weighted by Gasteiger charge is 2.19. The number of fused-ring (bicyclic) bond motifs is 1. The molecule has 1 heterocycles. The van der Waals surface area contributed by atoms with E-state index in [2.05, 4.69) is 48.2 Å². The van der Waals surface area contributed by atoms with Crippen LogP contribution in [0.5, 0.6) is 5.75 Å². The van der Waals surface area contributed by atoms with Crippen LogP contribution in [0.3, 0.4) is 0 Å². The van der Waals surface area contributed by atoms with E-state index in [-0.39, 0.29) is 0 Å². The number of nitrogens with zero attached hydrogens (tertiary/aromatic N) is 1. The van der Waals surface area contributed by atoms with Crippen LogP contribution >= 0.6 is 0 Å². The summed E-state index contributed by atoms with van der Waals surface area (Å²) in [5.41, 5.74) is 5.36. The van der Waals surface area contributed by atoms with E-state index in [1.807, 2.05) is 6.07 Å². The fourth-order valence-electron chi connectivity index (χ4n) is 2.44. The maximum Gasteiger partial charge on any atom is 0.119 e. The highest BCUT2D eigenvalue weighted by atomic mass is 16.5. The zero-order valence-corrected chi connectivity index (χ0v) is 10.8. The van der Waals surface area contributed by atoms with Crippen LogP contribution in [-0.2, 0) is 13.1 Å². The van der Waals surface area contributed by atoms with Crippen LogP contribution in [0.4, 0.5) is 5.69 Å². The molecule has 1 aliphatic rings. The van der Waals surface area contributed by atoms with Gasteiger partial charge < -0.3 is 9.64 Å². The molecule has 0 N–H and O–H groups in total. The van der Waals surface area contributed by atoms with Gasteiger partial charge in [-0.1, -0.05) is 23.8 Å². The van der Waals surface area contributed by atoms with Gasteiger partial charge in [0.15, 0.2) is 0 Å². The van der Waals surface area contributed by atoms with Crippen molar-refractivity contribution in [3.63, 3.8) is 0 Å². The van der Waals surface area contributed by atoms with Crippen LogP contribution in [0.15, 0.2) is 42.5 Å². The lowest BCUT2D eigenvalue weighted by Crippen LogP contribution is -2.14. The molecule has 0 aliphatic carbocycles. The van der Waals surface area contributed by atoms with Crippen LogP contribution in [-0.4, -0.2) is 7.11 Å². The van der Waals surface area contributed by atoms with Crippen LogP contribution < -0.4 is 9.64 Å². The molecule has 0 amide bonds. The third-order valence-corrected chi connectivity index (χ3v) is 3.53. The van der Waals surface area contributed by atoms with Crippen LogP contribution in [0.1, 0.15) is 16.7 Å². The van der Waals surface area contributed by atoms with Gasteiger partial charge in [0.05, 0.1) is 7.11 Å². The summed E-state index contributed by atoms with van der Waals surface area (Å²) in [6.45, 7) is 4.07. The van der Waals surface area contributed by atoms with E-state index < -0.39 is 0 Å². The molecule has 2 aromatic carbocycles. The Morgan fingerprint density at radius 3 is 2.39 bits per heavy atom. The molecule has 0 unspecified atom stereocenters. The molecular weight excluding hydrogens is 222 g/mol. The smallest absolute Gasteiger partial charge is 0.119 e. The number of rotatable bonds is 2. The zero-order chi connectivity index (χ0) is 12.5. The van der Waals surface area contributed by atoms with Gasteiger partial charge >= 0.3 is 0 Å². The molecule has 0 spiro atoms. The Morgan fingerprint density at radius 2 is 1.67 bits per heavy atom. The molecule has 0 fully saturated rings. The molecule has 0 aromatic heterocycles. The van der Waals surface area contributed by atoms with Gasteiger partial charge in [0.25, 0.3) is 0 Å². The second kappa shape index (κ2) is 4.37. The summed E-state index contributed by atoms with van der Waals surface area (Å²) < 4.78 is 5.28. The lowest BCUT2D eigenvalue weighted by molar-refractivity contribution is 0.414. The Hall–Kier alpha value is -1.96. The molecule has 2 heteroatoms. The van der Waals surface area contributed by atoms with E-state index in [0.29, 0.717) is 0 Å². The van der Waals surface area contributed by atoms with Crippen LogP contribution in [0, 0.1) is 6.92 Å². The summed E-state index contributed by atoms with van der Waals surface area (Å²) in [6, 6.07) is 15.1. The Balaban J connectivity index is 1.86. The largest absolute Gasteiger partial charge is 0.497 e. The van der Waals surface area contributed by atoms with Crippen molar-refractivity contribution in [2.75, 3.05) is 12.0 Å². The Morgan fingerprint density at radius 1 is 0.944 bits per heavy atom. The molecule has 2 nitrogen and oxygen atoms in total. The normalized spacial score (nSPS) is 13.6. The summed E-state index contributed by atoms with van der Waals surface area (Å²) >= 11 is 0.